The number of anilines is 1. The van der Waals surface area contributed by atoms with E-state index in [1.807, 2.05) is 36.4 Å². The number of carbonyl (C=O) groups excluding carboxylic acids is 1. The highest BCUT2D eigenvalue weighted by Gasteiger charge is 2.20. The first-order valence-corrected chi connectivity index (χ1v) is 9.88. The molecular formula is C21H14Cl2N2O2S. The van der Waals surface area contributed by atoms with Gasteiger partial charge in [0, 0.05) is 16.5 Å². The molecule has 0 saturated carbocycles. The number of pyridine rings is 1. The Morgan fingerprint density at radius 1 is 1.04 bits per heavy atom. The van der Waals surface area contributed by atoms with Crippen LogP contribution in [0.1, 0.15) is 15.2 Å². The molecule has 0 atom stereocenters. The lowest BCUT2D eigenvalue weighted by molar-refractivity contribution is 0.104. The fraction of sp³-hybridized carbons (Fsp3) is 0.0476. The van der Waals surface area contributed by atoms with Gasteiger partial charge in [-0.2, -0.15) is 0 Å². The van der Waals surface area contributed by atoms with Crippen molar-refractivity contribution in [3.63, 3.8) is 0 Å². The van der Waals surface area contributed by atoms with E-state index >= 15 is 0 Å². The van der Waals surface area contributed by atoms with Crippen molar-refractivity contribution >= 4 is 56.2 Å². The van der Waals surface area contributed by atoms with Crippen LogP contribution in [-0.2, 0) is 0 Å². The van der Waals surface area contributed by atoms with E-state index in [-0.39, 0.29) is 5.78 Å². The van der Waals surface area contributed by atoms with Crippen molar-refractivity contribution in [2.24, 2.45) is 0 Å². The molecule has 2 aromatic carbocycles. The quantitative estimate of drug-likeness (QED) is 0.399. The van der Waals surface area contributed by atoms with Crippen LogP contribution in [0.15, 0.2) is 54.6 Å². The van der Waals surface area contributed by atoms with Gasteiger partial charge in [0.15, 0.2) is 0 Å². The molecule has 0 aliphatic heterocycles. The average Bonchev–Trinajstić information content (AvgIpc) is 3.05. The summed E-state index contributed by atoms with van der Waals surface area (Å²) in [6.07, 6.45) is 0. The lowest BCUT2D eigenvalue weighted by Gasteiger charge is -2.03. The molecule has 0 unspecified atom stereocenters. The van der Waals surface area contributed by atoms with E-state index in [1.54, 1.807) is 25.3 Å². The van der Waals surface area contributed by atoms with E-state index in [1.165, 1.54) is 11.3 Å². The minimum absolute atomic E-state index is 0.204. The second-order valence-electron chi connectivity index (χ2n) is 6.08. The van der Waals surface area contributed by atoms with Crippen molar-refractivity contribution in [2.45, 2.75) is 0 Å². The van der Waals surface area contributed by atoms with Crippen molar-refractivity contribution in [3.8, 4) is 17.0 Å². The van der Waals surface area contributed by atoms with Gasteiger partial charge >= 0.3 is 0 Å². The molecule has 4 aromatic rings. The predicted molar refractivity (Wildman–Crippen MR) is 116 cm³/mol. The smallest absolute Gasteiger partial charge is 0.205 e. The van der Waals surface area contributed by atoms with E-state index in [2.05, 4.69) is 4.98 Å². The highest BCUT2D eigenvalue weighted by Crippen LogP contribution is 2.36. The SMILES string of the molecule is COc1ccc(-c2ccc3c(N)c(C(=O)c4ccc(Cl)c(Cl)c4)sc3n2)cc1. The lowest BCUT2D eigenvalue weighted by Crippen LogP contribution is -2.02. The number of carbonyl (C=O) groups is 1. The minimum Gasteiger partial charge on any atom is -0.497 e. The maximum absolute atomic E-state index is 12.9. The molecule has 0 aliphatic carbocycles. The first-order chi connectivity index (χ1) is 13.5. The fourth-order valence-corrected chi connectivity index (χ4v) is 4.21. The van der Waals surface area contributed by atoms with Gasteiger partial charge in [0.2, 0.25) is 5.78 Å². The number of ether oxygens (including phenoxy) is 1. The summed E-state index contributed by atoms with van der Waals surface area (Å²) in [4.78, 5) is 18.7. The topological polar surface area (TPSA) is 65.2 Å². The number of rotatable bonds is 4. The van der Waals surface area contributed by atoms with E-state index in [4.69, 9.17) is 33.7 Å². The zero-order valence-electron chi connectivity index (χ0n) is 14.7. The number of ketones is 1. The number of thiophene rings is 1. The number of aromatic nitrogens is 1. The number of hydrogen-bond acceptors (Lipinski definition) is 5. The Bertz CT molecular complexity index is 1200. The first kappa shape index (κ1) is 18.7. The highest BCUT2D eigenvalue weighted by molar-refractivity contribution is 7.21. The van der Waals surface area contributed by atoms with Gasteiger partial charge in [-0.3, -0.25) is 4.79 Å². The van der Waals surface area contributed by atoms with Crippen LogP contribution in [-0.4, -0.2) is 17.9 Å². The Hall–Kier alpha value is -2.60. The van der Waals surface area contributed by atoms with Crippen molar-refractivity contribution in [1.29, 1.82) is 0 Å². The average molecular weight is 429 g/mol. The molecular weight excluding hydrogens is 415 g/mol. The summed E-state index contributed by atoms with van der Waals surface area (Å²) < 4.78 is 5.19. The predicted octanol–water partition coefficient (Wildman–Crippen LogP) is 6.09. The molecule has 2 aromatic heterocycles. The summed E-state index contributed by atoms with van der Waals surface area (Å²) >= 11 is 13.2. The molecule has 0 amide bonds. The summed E-state index contributed by atoms with van der Waals surface area (Å²) in [5.41, 5.74) is 8.85. The minimum atomic E-state index is -0.204. The van der Waals surface area contributed by atoms with Gasteiger partial charge < -0.3 is 10.5 Å². The van der Waals surface area contributed by atoms with E-state index in [9.17, 15) is 4.79 Å². The third-order valence-corrected chi connectivity index (χ3v) is 6.22. The Morgan fingerprint density at radius 2 is 1.79 bits per heavy atom. The summed E-state index contributed by atoms with van der Waals surface area (Å²) in [5, 5.41) is 1.48. The van der Waals surface area contributed by atoms with Gasteiger partial charge in [-0.25, -0.2) is 4.98 Å². The number of nitrogen functional groups attached to an aromatic ring is 1. The number of fused-ring (bicyclic) bond motifs is 1. The largest absolute Gasteiger partial charge is 0.497 e. The summed E-state index contributed by atoms with van der Waals surface area (Å²) in [5.74, 6) is 0.574. The zero-order chi connectivity index (χ0) is 19.8. The number of methoxy groups -OCH3 is 1. The molecule has 0 saturated heterocycles. The van der Waals surface area contributed by atoms with Gasteiger partial charge in [0.25, 0.3) is 0 Å². The standard InChI is InChI=1S/C21H14Cl2N2O2S/c1-27-13-5-2-11(3-6-13)17-9-7-14-18(24)20(28-21(14)25-17)19(26)12-4-8-15(22)16(23)10-12/h2-10H,24H2,1H3. The van der Waals surface area contributed by atoms with E-state index in [0.29, 0.717) is 31.0 Å². The molecule has 2 N–H and O–H groups in total. The number of hydrogen-bond donors (Lipinski definition) is 1. The summed E-state index contributed by atoms with van der Waals surface area (Å²) in [7, 11) is 1.63. The molecule has 140 valence electrons. The fourth-order valence-electron chi connectivity index (χ4n) is 2.86. The molecule has 28 heavy (non-hydrogen) atoms. The Labute approximate surface area is 175 Å². The molecule has 4 rings (SSSR count). The van der Waals surface area contributed by atoms with Crippen molar-refractivity contribution in [3.05, 3.63) is 75.1 Å². The number of benzene rings is 2. The lowest BCUT2D eigenvalue weighted by atomic mass is 10.1. The Morgan fingerprint density at radius 3 is 2.46 bits per heavy atom. The van der Waals surface area contributed by atoms with Gasteiger partial charge in [-0.15, -0.1) is 11.3 Å². The maximum Gasteiger partial charge on any atom is 0.205 e. The van der Waals surface area contributed by atoms with Crippen LogP contribution in [0.25, 0.3) is 21.5 Å². The molecule has 0 bridgehead atoms. The maximum atomic E-state index is 12.9. The summed E-state index contributed by atoms with van der Waals surface area (Å²) in [6, 6.07) is 16.2. The van der Waals surface area contributed by atoms with Gasteiger partial charge in [-0.05, 0) is 54.6 Å². The van der Waals surface area contributed by atoms with Crippen LogP contribution in [0.2, 0.25) is 10.0 Å². The van der Waals surface area contributed by atoms with Crippen LogP contribution in [0, 0.1) is 0 Å². The number of nitrogens with zero attached hydrogens (tertiary/aromatic N) is 1. The van der Waals surface area contributed by atoms with Crippen LogP contribution in [0.3, 0.4) is 0 Å². The zero-order valence-corrected chi connectivity index (χ0v) is 17.0. The Kier molecular flexibility index (Phi) is 4.98. The summed E-state index contributed by atoms with van der Waals surface area (Å²) in [6.45, 7) is 0. The van der Waals surface area contributed by atoms with Crippen LogP contribution < -0.4 is 10.5 Å². The van der Waals surface area contributed by atoms with Gasteiger partial charge in [0.05, 0.1) is 28.5 Å². The second kappa shape index (κ2) is 7.43. The third kappa shape index (κ3) is 3.33. The molecule has 4 nitrogen and oxygen atoms in total. The van der Waals surface area contributed by atoms with Crippen LogP contribution in [0.4, 0.5) is 5.69 Å². The first-order valence-electron chi connectivity index (χ1n) is 8.31. The molecule has 0 spiro atoms. The van der Waals surface area contributed by atoms with Gasteiger partial charge in [-0.1, -0.05) is 23.2 Å². The van der Waals surface area contributed by atoms with Crippen molar-refractivity contribution < 1.29 is 9.53 Å². The molecule has 0 aliphatic rings. The number of halogens is 2. The monoisotopic (exact) mass is 428 g/mol. The second-order valence-corrected chi connectivity index (χ2v) is 7.89. The third-order valence-electron chi connectivity index (χ3n) is 4.37. The molecule has 2 heterocycles. The molecule has 7 heteroatoms. The Balaban J connectivity index is 1.75. The van der Waals surface area contributed by atoms with Crippen LogP contribution in [0.5, 0.6) is 5.75 Å². The van der Waals surface area contributed by atoms with E-state index in [0.717, 1.165) is 22.4 Å². The molecule has 0 radical (unpaired) electrons. The molecule has 0 fully saturated rings. The van der Waals surface area contributed by atoms with Gasteiger partial charge in [0.1, 0.15) is 15.5 Å². The highest BCUT2D eigenvalue weighted by atomic mass is 35.5. The van der Waals surface area contributed by atoms with Crippen molar-refractivity contribution in [1.82, 2.24) is 4.98 Å². The van der Waals surface area contributed by atoms with Crippen molar-refractivity contribution in [2.75, 3.05) is 12.8 Å². The van der Waals surface area contributed by atoms with E-state index < -0.39 is 0 Å². The number of nitrogens with two attached hydrogens (primary N) is 1. The normalized spacial score (nSPS) is 11.0. The van der Waals surface area contributed by atoms with Crippen LogP contribution >= 0.6 is 34.5 Å².